The smallest absolute Gasteiger partial charge is 0.228 e. The lowest BCUT2D eigenvalue weighted by Gasteiger charge is -2.17. The molecule has 0 radical (unpaired) electrons. The van der Waals surface area contributed by atoms with Gasteiger partial charge in [-0.25, -0.2) is 0 Å². The Morgan fingerprint density at radius 1 is 1.26 bits per heavy atom. The van der Waals surface area contributed by atoms with Crippen molar-refractivity contribution in [2.24, 2.45) is 5.92 Å². The molecule has 1 unspecified atom stereocenters. The number of hydrogen-bond acceptors (Lipinski definition) is 5. The Labute approximate surface area is 113 Å². The minimum atomic E-state index is 0.356. The average Bonchev–Trinajstić information content (AvgIpc) is 2.84. The lowest BCUT2D eigenvalue weighted by atomic mass is 10.0. The molecule has 0 aliphatic carbocycles. The van der Waals surface area contributed by atoms with Crippen molar-refractivity contribution < 1.29 is 4.52 Å². The maximum Gasteiger partial charge on any atom is 0.228 e. The van der Waals surface area contributed by atoms with Gasteiger partial charge in [0.2, 0.25) is 5.89 Å². The lowest BCUT2D eigenvalue weighted by molar-refractivity contribution is 0.333. The number of nitrogens with zero attached hydrogens (tertiary/aromatic N) is 3. The van der Waals surface area contributed by atoms with Gasteiger partial charge in [-0.1, -0.05) is 19.0 Å². The highest BCUT2D eigenvalue weighted by molar-refractivity contribution is 5.14. The van der Waals surface area contributed by atoms with E-state index < -0.39 is 0 Å². The van der Waals surface area contributed by atoms with E-state index in [1.54, 1.807) is 12.4 Å². The molecule has 5 heteroatoms. The zero-order chi connectivity index (χ0) is 13.7. The Bertz CT molecular complexity index is 495. The second kappa shape index (κ2) is 6.43. The Morgan fingerprint density at radius 3 is 2.63 bits per heavy atom. The van der Waals surface area contributed by atoms with Gasteiger partial charge in [-0.3, -0.25) is 4.98 Å². The fraction of sp³-hybridized carbons (Fsp3) is 0.500. The average molecular weight is 260 g/mol. The predicted octanol–water partition coefficient (Wildman–Crippen LogP) is 1.84. The van der Waals surface area contributed by atoms with Crippen molar-refractivity contribution in [3.8, 4) is 0 Å². The summed E-state index contributed by atoms with van der Waals surface area (Å²) >= 11 is 0. The molecule has 0 spiro atoms. The zero-order valence-electron chi connectivity index (χ0n) is 11.6. The highest BCUT2D eigenvalue weighted by Crippen LogP contribution is 2.10. The fourth-order valence-corrected chi connectivity index (χ4v) is 1.99. The van der Waals surface area contributed by atoms with Gasteiger partial charge in [-0.15, -0.1) is 0 Å². The van der Waals surface area contributed by atoms with Crippen LogP contribution in [0.3, 0.4) is 0 Å². The first kappa shape index (κ1) is 13.7. The summed E-state index contributed by atoms with van der Waals surface area (Å²) in [5.74, 6) is 1.94. The molecular formula is C14H20N4O. The molecule has 102 valence electrons. The van der Waals surface area contributed by atoms with Crippen LogP contribution in [0.1, 0.15) is 31.1 Å². The molecule has 19 heavy (non-hydrogen) atoms. The van der Waals surface area contributed by atoms with E-state index in [2.05, 4.69) is 34.3 Å². The maximum atomic E-state index is 5.30. The molecule has 0 saturated heterocycles. The second-order valence-electron chi connectivity index (χ2n) is 4.98. The summed E-state index contributed by atoms with van der Waals surface area (Å²) in [6, 6.07) is 4.27. The summed E-state index contributed by atoms with van der Waals surface area (Å²) in [6.45, 7) is 4.35. The number of likely N-dealkylation sites (N-methyl/N-ethyl adjacent to an activating group) is 1. The molecule has 2 heterocycles. The molecular weight excluding hydrogens is 240 g/mol. The standard InChI is InChI=1S/C14H20N4O/c1-10(2)12(15-3)9-14-17-13(18-19-14)8-11-4-6-16-7-5-11/h4-7,10,12,15H,8-9H2,1-3H3. The number of rotatable bonds is 6. The third kappa shape index (κ3) is 3.86. The minimum Gasteiger partial charge on any atom is -0.339 e. The number of nitrogens with one attached hydrogen (secondary N) is 1. The Kier molecular flexibility index (Phi) is 4.63. The van der Waals surface area contributed by atoms with Crippen molar-refractivity contribution >= 4 is 0 Å². The summed E-state index contributed by atoms with van der Waals surface area (Å²) in [5, 5.41) is 7.30. The monoisotopic (exact) mass is 260 g/mol. The summed E-state index contributed by atoms with van der Waals surface area (Å²) in [5.41, 5.74) is 1.14. The van der Waals surface area contributed by atoms with Gasteiger partial charge in [0.15, 0.2) is 5.82 Å². The maximum absolute atomic E-state index is 5.30. The van der Waals surface area contributed by atoms with Crippen LogP contribution in [0, 0.1) is 5.92 Å². The van der Waals surface area contributed by atoms with Crippen molar-refractivity contribution in [2.75, 3.05) is 7.05 Å². The van der Waals surface area contributed by atoms with E-state index in [0.29, 0.717) is 24.3 Å². The van der Waals surface area contributed by atoms with Gasteiger partial charge in [-0.2, -0.15) is 4.98 Å². The molecule has 0 aliphatic rings. The fourth-order valence-electron chi connectivity index (χ4n) is 1.99. The first-order chi connectivity index (χ1) is 9.19. The quantitative estimate of drug-likeness (QED) is 0.858. The molecule has 1 atom stereocenters. The molecule has 0 fully saturated rings. The SMILES string of the molecule is CNC(Cc1nc(Cc2ccncc2)no1)C(C)C. The Balaban J connectivity index is 1.99. The van der Waals surface area contributed by atoms with Gasteiger partial charge in [-0.05, 0) is 30.7 Å². The van der Waals surface area contributed by atoms with E-state index in [9.17, 15) is 0 Å². The van der Waals surface area contributed by atoms with Crippen molar-refractivity contribution in [2.45, 2.75) is 32.7 Å². The van der Waals surface area contributed by atoms with Crippen LogP contribution >= 0.6 is 0 Å². The predicted molar refractivity (Wildman–Crippen MR) is 72.7 cm³/mol. The summed E-state index contributed by atoms with van der Waals surface area (Å²) in [7, 11) is 1.96. The third-order valence-corrected chi connectivity index (χ3v) is 3.19. The highest BCUT2D eigenvalue weighted by Gasteiger charge is 2.16. The van der Waals surface area contributed by atoms with E-state index in [4.69, 9.17) is 4.52 Å². The van der Waals surface area contributed by atoms with Gasteiger partial charge in [0, 0.05) is 31.3 Å². The van der Waals surface area contributed by atoms with Gasteiger partial charge < -0.3 is 9.84 Å². The van der Waals surface area contributed by atoms with E-state index >= 15 is 0 Å². The molecule has 0 aromatic carbocycles. The largest absolute Gasteiger partial charge is 0.339 e. The van der Waals surface area contributed by atoms with Crippen LogP contribution in [-0.4, -0.2) is 28.2 Å². The second-order valence-corrected chi connectivity index (χ2v) is 4.98. The van der Waals surface area contributed by atoms with Crippen molar-refractivity contribution in [3.63, 3.8) is 0 Å². The van der Waals surface area contributed by atoms with Crippen LogP contribution in [0.25, 0.3) is 0 Å². The molecule has 5 nitrogen and oxygen atoms in total. The number of pyridine rings is 1. The molecule has 0 bridgehead atoms. The van der Waals surface area contributed by atoms with Crippen molar-refractivity contribution in [3.05, 3.63) is 41.8 Å². The van der Waals surface area contributed by atoms with Crippen LogP contribution in [0.2, 0.25) is 0 Å². The number of hydrogen-bond donors (Lipinski definition) is 1. The molecule has 2 aromatic rings. The Morgan fingerprint density at radius 2 is 2.00 bits per heavy atom. The van der Waals surface area contributed by atoms with Crippen molar-refractivity contribution in [1.29, 1.82) is 0 Å². The molecule has 2 aromatic heterocycles. The molecule has 0 amide bonds. The van der Waals surface area contributed by atoms with Crippen LogP contribution in [0.15, 0.2) is 29.0 Å². The zero-order valence-corrected chi connectivity index (χ0v) is 11.6. The van der Waals surface area contributed by atoms with Gasteiger partial charge in [0.1, 0.15) is 0 Å². The van der Waals surface area contributed by atoms with Crippen molar-refractivity contribution in [1.82, 2.24) is 20.4 Å². The molecule has 0 aliphatic heterocycles. The topological polar surface area (TPSA) is 63.8 Å². The summed E-state index contributed by atoms with van der Waals surface area (Å²) in [6.07, 6.45) is 4.98. The first-order valence-electron chi connectivity index (χ1n) is 6.56. The molecule has 2 rings (SSSR count). The highest BCUT2D eigenvalue weighted by atomic mass is 16.5. The van der Waals surface area contributed by atoms with Crippen LogP contribution in [-0.2, 0) is 12.8 Å². The minimum absolute atomic E-state index is 0.356. The number of aromatic nitrogens is 3. The van der Waals surface area contributed by atoms with Gasteiger partial charge in [0.05, 0.1) is 0 Å². The lowest BCUT2D eigenvalue weighted by Crippen LogP contribution is -2.32. The summed E-state index contributed by atoms with van der Waals surface area (Å²) < 4.78 is 5.30. The van der Waals surface area contributed by atoms with Gasteiger partial charge >= 0.3 is 0 Å². The normalized spacial score (nSPS) is 12.8. The van der Waals surface area contributed by atoms with Crippen LogP contribution in [0.4, 0.5) is 0 Å². The van der Waals surface area contributed by atoms with Gasteiger partial charge in [0.25, 0.3) is 0 Å². The molecule has 1 N–H and O–H groups in total. The molecule has 0 saturated carbocycles. The summed E-state index contributed by atoms with van der Waals surface area (Å²) in [4.78, 5) is 8.43. The van der Waals surface area contributed by atoms with E-state index in [-0.39, 0.29) is 0 Å². The third-order valence-electron chi connectivity index (χ3n) is 3.19. The van der Waals surface area contributed by atoms with Crippen LogP contribution < -0.4 is 5.32 Å². The van der Waals surface area contributed by atoms with E-state index in [1.165, 1.54) is 0 Å². The van der Waals surface area contributed by atoms with Crippen LogP contribution in [0.5, 0.6) is 0 Å². The van der Waals surface area contributed by atoms with E-state index in [0.717, 1.165) is 17.8 Å². The Hall–Kier alpha value is -1.75. The van der Waals surface area contributed by atoms with E-state index in [1.807, 2.05) is 19.2 Å². The first-order valence-corrected chi connectivity index (χ1v) is 6.56.